The van der Waals surface area contributed by atoms with Gasteiger partial charge in [-0.2, -0.15) is 0 Å². The van der Waals surface area contributed by atoms with Crippen LogP contribution in [-0.4, -0.2) is 12.2 Å². The molecular formula is C17H15ClO3. The van der Waals surface area contributed by atoms with Gasteiger partial charge in [-0.1, -0.05) is 35.9 Å². The number of hydrogen-bond acceptors (Lipinski definition) is 3. The third-order valence-electron chi connectivity index (χ3n) is 3.61. The highest BCUT2D eigenvalue weighted by molar-refractivity contribution is 6.34. The fourth-order valence-corrected chi connectivity index (χ4v) is 2.56. The lowest BCUT2D eigenvalue weighted by Gasteiger charge is -2.21. The first-order valence-electron chi connectivity index (χ1n) is 6.58. The van der Waals surface area contributed by atoms with E-state index in [2.05, 4.69) is 0 Å². The average Bonchev–Trinajstić information content (AvgIpc) is 2.94. The number of fused-ring (bicyclic) bond motifs is 1. The second kappa shape index (κ2) is 5.10. The molecular weight excluding hydrogens is 288 g/mol. The van der Waals surface area contributed by atoms with Crippen LogP contribution in [-0.2, 0) is 5.60 Å². The van der Waals surface area contributed by atoms with E-state index >= 15 is 0 Å². The molecule has 1 N–H and O–H groups in total. The van der Waals surface area contributed by atoms with Crippen LogP contribution in [0.25, 0.3) is 11.0 Å². The number of rotatable bonds is 3. The number of furan rings is 1. The van der Waals surface area contributed by atoms with Gasteiger partial charge in [0.25, 0.3) is 0 Å². The molecule has 1 unspecified atom stereocenters. The molecule has 0 amide bonds. The SMILES string of the molecule is COc1cccc(C(C)(O)c2cc3cccc(Cl)c3o2)c1. The van der Waals surface area contributed by atoms with Crippen LogP contribution in [0, 0.1) is 0 Å². The average molecular weight is 303 g/mol. The van der Waals surface area contributed by atoms with Gasteiger partial charge in [-0.15, -0.1) is 0 Å². The molecule has 0 aliphatic heterocycles. The standard InChI is InChI=1S/C17H15ClO3/c1-17(19,12-6-4-7-13(10-12)20-2)15-9-11-5-3-8-14(18)16(11)21-15/h3-10,19H,1-2H3. The fourth-order valence-electron chi connectivity index (χ4n) is 2.34. The minimum Gasteiger partial charge on any atom is -0.497 e. The molecule has 3 aromatic rings. The molecule has 0 bridgehead atoms. The predicted molar refractivity (Wildman–Crippen MR) is 82.9 cm³/mol. The Bertz CT molecular complexity index is 790. The van der Waals surface area contributed by atoms with Crippen molar-refractivity contribution < 1.29 is 14.3 Å². The van der Waals surface area contributed by atoms with E-state index in [0.717, 1.165) is 5.39 Å². The van der Waals surface area contributed by atoms with Crippen LogP contribution < -0.4 is 4.74 Å². The van der Waals surface area contributed by atoms with Crippen LogP contribution in [0.15, 0.2) is 52.9 Å². The Balaban J connectivity index is 2.12. The first-order chi connectivity index (χ1) is 10.0. The van der Waals surface area contributed by atoms with Crippen LogP contribution in [0.4, 0.5) is 0 Å². The van der Waals surface area contributed by atoms with Gasteiger partial charge in [-0.25, -0.2) is 0 Å². The Morgan fingerprint density at radius 1 is 1.14 bits per heavy atom. The van der Waals surface area contributed by atoms with Crippen molar-refractivity contribution in [2.45, 2.75) is 12.5 Å². The Morgan fingerprint density at radius 2 is 1.90 bits per heavy atom. The monoisotopic (exact) mass is 302 g/mol. The van der Waals surface area contributed by atoms with Crippen LogP contribution in [0.1, 0.15) is 18.2 Å². The van der Waals surface area contributed by atoms with E-state index in [0.29, 0.717) is 27.7 Å². The highest BCUT2D eigenvalue weighted by Crippen LogP contribution is 2.36. The molecule has 4 heteroatoms. The van der Waals surface area contributed by atoms with Gasteiger partial charge in [0.15, 0.2) is 5.58 Å². The smallest absolute Gasteiger partial charge is 0.153 e. The molecule has 0 saturated carbocycles. The van der Waals surface area contributed by atoms with Gasteiger partial charge in [0.1, 0.15) is 17.1 Å². The molecule has 0 saturated heterocycles. The summed E-state index contributed by atoms with van der Waals surface area (Å²) >= 11 is 6.12. The number of halogens is 1. The molecule has 1 heterocycles. The van der Waals surface area contributed by atoms with Crippen molar-refractivity contribution in [2.75, 3.05) is 7.11 Å². The van der Waals surface area contributed by atoms with Crippen molar-refractivity contribution >= 4 is 22.6 Å². The molecule has 21 heavy (non-hydrogen) atoms. The summed E-state index contributed by atoms with van der Waals surface area (Å²) in [7, 11) is 1.59. The van der Waals surface area contributed by atoms with Gasteiger partial charge in [0, 0.05) is 5.39 Å². The number of para-hydroxylation sites is 1. The molecule has 0 aliphatic carbocycles. The first kappa shape index (κ1) is 14.0. The van der Waals surface area contributed by atoms with Crippen LogP contribution in [0.2, 0.25) is 5.02 Å². The maximum absolute atomic E-state index is 10.9. The summed E-state index contributed by atoms with van der Waals surface area (Å²) in [5.41, 5.74) is 0.00559. The number of aliphatic hydroxyl groups is 1. The molecule has 0 aliphatic rings. The summed E-state index contributed by atoms with van der Waals surface area (Å²) < 4.78 is 11.0. The molecule has 1 aromatic heterocycles. The minimum atomic E-state index is -1.27. The minimum absolute atomic E-state index is 0.443. The second-order valence-corrected chi connectivity index (χ2v) is 5.48. The van der Waals surface area contributed by atoms with Gasteiger partial charge >= 0.3 is 0 Å². The van der Waals surface area contributed by atoms with E-state index in [1.807, 2.05) is 30.3 Å². The Morgan fingerprint density at radius 3 is 2.62 bits per heavy atom. The molecule has 3 nitrogen and oxygen atoms in total. The zero-order chi connectivity index (χ0) is 15.0. The second-order valence-electron chi connectivity index (χ2n) is 5.07. The summed E-state index contributed by atoms with van der Waals surface area (Å²) in [5, 5.41) is 12.3. The summed E-state index contributed by atoms with van der Waals surface area (Å²) in [6.07, 6.45) is 0. The lowest BCUT2D eigenvalue weighted by molar-refractivity contribution is 0.0784. The van der Waals surface area contributed by atoms with Crippen molar-refractivity contribution in [1.82, 2.24) is 0 Å². The quantitative estimate of drug-likeness (QED) is 0.782. The van der Waals surface area contributed by atoms with Crippen molar-refractivity contribution in [2.24, 2.45) is 0 Å². The van der Waals surface area contributed by atoms with Gasteiger partial charge in [-0.05, 0) is 36.8 Å². The molecule has 3 rings (SSSR count). The maximum Gasteiger partial charge on any atom is 0.153 e. The normalized spacial score (nSPS) is 14.1. The van der Waals surface area contributed by atoms with Crippen molar-refractivity contribution in [1.29, 1.82) is 0 Å². The number of methoxy groups -OCH3 is 1. The lowest BCUT2D eigenvalue weighted by atomic mass is 9.93. The molecule has 108 valence electrons. The molecule has 0 spiro atoms. The van der Waals surface area contributed by atoms with Gasteiger partial charge in [0.05, 0.1) is 12.1 Å². The topological polar surface area (TPSA) is 42.6 Å². The highest BCUT2D eigenvalue weighted by Gasteiger charge is 2.30. The zero-order valence-electron chi connectivity index (χ0n) is 11.8. The van der Waals surface area contributed by atoms with Crippen molar-refractivity contribution in [3.63, 3.8) is 0 Å². The first-order valence-corrected chi connectivity index (χ1v) is 6.95. The van der Waals surface area contributed by atoms with Crippen molar-refractivity contribution in [3.05, 3.63) is 64.9 Å². The third-order valence-corrected chi connectivity index (χ3v) is 3.91. The third kappa shape index (κ3) is 2.39. The summed E-state index contributed by atoms with van der Waals surface area (Å²) in [4.78, 5) is 0. The maximum atomic E-state index is 10.9. The summed E-state index contributed by atoms with van der Waals surface area (Å²) in [5.74, 6) is 1.13. The predicted octanol–water partition coefficient (Wildman–Crippen LogP) is 4.35. The Labute approximate surface area is 127 Å². The van der Waals surface area contributed by atoms with E-state index in [1.54, 1.807) is 32.2 Å². The van der Waals surface area contributed by atoms with Crippen LogP contribution in [0.3, 0.4) is 0 Å². The van der Waals surface area contributed by atoms with E-state index < -0.39 is 5.60 Å². The molecule has 0 radical (unpaired) electrons. The number of hydrogen-bond donors (Lipinski definition) is 1. The van der Waals surface area contributed by atoms with E-state index in [4.69, 9.17) is 20.8 Å². The highest BCUT2D eigenvalue weighted by atomic mass is 35.5. The van der Waals surface area contributed by atoms with Crippen LogP contribution in [0.5, 0.6) is 5.75 Å². The van der Waals surface area contributed by atoms with Gasteiger partial charge in [0.2, 0.25) is 0 Å². The van der Waals surface area contributed by atoms with Gasteiger partial charge < -0.3 is 14.3 Å². The Kier molecular flexibility index (Phi) is 3.40. The summed E-state index contributed by atoms with van der Waals surface area (Å²) in [6.45, 7) is 1.69. The largest absolute Gasteiger partial charge is 0.497 e. The molecule has 0 fully saturated rings. The molecule has 2 aromatic carbocycles. The zero-order valence-corrected chi connectivity index (χ0v) is 12.5. The number of ether oxygens (including phenoxy) is 1. The van der Waals surface area contributed by atoms with E-state index in [-0.39, 0.29) is 0 Å². The Hall–Kier alpha value is -1.97. The fraction of sp³-hybridized carbons (Fsp3) is 0.176. The summed E-state index contributed by atoms with van der Waals surface area (Å²) in [6, 6.07) is 14.6. The number of benzene rings is 2. The van der Waals surface area contributed by atoms with E-state index in [1.165, 1.54) is 0 Å². The molecule has 1 atom stereocenters. The van der Waals surface area contributed by atoms with Crippen molar-refractivity contribution in [3.8, 4) is 5.75 Å². The van der Waals surface area contributed by atoms with Gasteiger partial charge in [-0.3, -0.25) is 0 Å². The lowest BCUT2D eigenvalue weighted by Crippen LogP contribution is -2.21. The van der Waals surface area contributed by atoms with E-state index in [9.17, 15) is 5.11 Å². The van der Waals surface area contributed by atoms with Crippen LogP contribution >= 0.6 is 11.6 Å².